The first-order chi connectivity index (χ1) is 10.9. The molecule has 1 aliphatic heterocycles. The number of hydrogen-bond donors (Lipinski definition) is 1. The third-order valence-electron chi connectivity index (χ3n) is 4.54. The zero-order chi connectivity index (χ0) is 16.4. The fourth-order valence-corrected chi connectivity index (χ4v) is 3.00. The molecule has 1 aromatic rings. The van der Waals surface area contributed by atoms with Crippen molar-refractivity contribution in [2.24, 2.45) is 5.92 Å². The van der Waals surface area contributed by atoms with Gasteiger partial charge in [0.2, 0.25) is 5.91 Å². The Balaban J connectivity index is 1.49. The van der Waals surface area contributed by atoms with Crippen molar-refractivity contribution >= 4 is 5.91 Å². The van der Waals surface area contributed by atoms with Crippen LogP contribution in [0, 0.1) is 5.92 Å². The number of nitrogens with zero attached hydrogens (tertiary/aromatic N) is 1. The van der Waals surface area contributed by atoms with Gasteiger partial charge in [0.15, 0.2) is 0 Å². The van der Waals surface area contributed by atoms with E-state index in [1.54, 1.807) is 6.07 Å². The Morgan fingerprint density at radius 1 is 1.17 bits per heavy atom. The Hall–Kier alpha value is -1.56. The van der Waals surface area contributed by atoms with Crippen LogP contribution in [-0.4, -0.2) is 29.9 Å². The first kappa shape index (κ1) is 16.3. The number of hydrogen-bond acceptors (Lipinski definition) is 2. The summed E-state index contributed by atoms with van der Waals surface area (Å²) in [6.45, 7) is 2.12. The summed E-state index contributed by atoms with van der Waals surface area (Å²) < 4.78 is 38.2. The molecule has 2 aliphatic rings. The second-order valence-corrected chi connectivity index (χ2v) is 6.53. The predicted molar refractivity (Wildman–Crippen MR) is 80.6 cm³/mol. The van der Waals surface area contributed by atoms with E-state index in [2.05, 4.69) is 10.2 Å². The van der Waals surface area contributed by atoms with Gasteiger partial charge in [-0.05, 0) is 37.3 Å². The molecule has 3 nitrogen and oxygen atoms in total. The Bertz CT molecular complexity index is 561. The zero-order valence-corrected chi connectivity index (χ0v) is 12.9. The molecular weight excluding hydrogens is 305 g/mol. The minimum absolute atomic E-state index is 0.168. The lowest BCUT2D eigenvalue weighted by molar-refractivity contribution is -0.137. The van der Waals surface area contributed by atoms with E-state index in [1.165, 1.54) is 12.1 Å². The van der Waals surface area contributed by atoms with Gasteiger partial charge in [-0.15, -0.1) is 0 Å². The number of amides is 1. The van der Waals surface area contributed by atoms with Crippen LogP contribution in [0.25, 0.3) is 0 Å². The lowest BCUT2D eigenvalue weighted by Crippen LogP contribution is -2.44. The van der Waals surface area contributed by atoms with E-state index in [9.17, 15) is 18.0 Å². The van der Waals surface area contributed by atoms with Crippen molar-refractivity contribution < 1.29 is 18.0 Å². The van der Waals surface area contributed by atoms with E-state index < -0.39 is 11.7 Å². The van der Waals surface area contributed by atoms with Crippen molar-refractivity contribution in [3.05, 3.63) is 35.4 Å². The molecule has 1 saturated carbocycles. The lowest BCUT2D eigenvalue weighted by atomic mass is 10.0. The van der Waals surface area contributed by atoms with Gasteiger partial charge in [0.05, 0.1) is 5.56 Å². The summed E-state index contributed by atoms with van der Waals surface area (Å²) in [5, 5.41) is 3.08. The molecule has 2 fully saturated rings. The number of likely N-dealkylation sites (tertiary alicyclic amines) is 1. The third kappa shape index (κ3) is 4.47. The van der Waals surface area contributed by atoms with E-state index in [1.807, 2.05) is 0 Å². The van der Waals surface area contributed by atoms with Gasteiger partial charge in [-0.25, -0.2) is 0 Å². The molecule has 0 unspecified atom stereocenters. The van der Waals surface area contributed by atoms with Crippen molar-refractivity contribution in [2.75, 3.05) is 13.1 Å². The second kappa shape index (κ2) is 6.51. The molecule has 1 aliphatic carbocycles. The van der Waals surface area contributed by atoms with Crippen LogP contribution in [0.3, 0.4) is 0 Å². The first-order valence-corrected chi connectivity index (χ1v) is 8.11. The standard InChI is InChI=1S/C17H21F3N2O/c18-17(19,20)14-3-1-2-12(10-14)11-22-8-6-15(7-9-22)21-16(23)13-4-5-13/h1-3,10,13,15H,4-9,11H2,(H,21,23). The predicted octanol–water partition coefficient (Wildman–Crippen LogP) is 3.20. The Morgan fingerprint density at radius 3 is 2.48 bits per heavy atom. The highest BCUT2D eigenvalue weighted by atomic mass is 19.4. The molecule has 0 aromatic heterocycles. The summed E-state index contributed by atoms with van der Waals surface area (Å²) in [5.41, 5.74) is 0.0851. The average molecular weight is 326 g/mol. The number of piperidine rings is 1. The van der Waals surface area contributed by atoms with Gasteiger partial charge in [-0.1, -0.05) is 18.2 Å². The van der Waals surface area contributed by atoms with E-state index in [0.717, 1.165) is 44.8 Å². The van der Waals surface area contributed by atoms with Crippen LogP contribution >= 0.6 is 0 Å². The number of carbonyl (C=O) groups excluding carboxylic acids is 1. The minimum Gasteiger partial charge on any atom is -0.353 e. The Kier molecular flexibility index (Phi) is 4.62. The number of benzene rings is 1. The SMILES string of the molecule is O=C(NC1CCN(Cc2cccc(C(F)(F)F)c2)CC1)C1CC1. The maximum absolute atomic E-state index is 12.7. The number of halogens is 3. The van der Waals surface area contributed by atoms with Crippen molar-refractivity contribution in [3.8, 4) is 0 Å². The maximum Gasteiger partial charge on any atom is 0.416 e. The summed E-state index contributed by atoms with van der Waals surface area (Å²) in [6.07, 6.45) is -0.578. The molecule has 6 heteroatoms. The minimum atomic E-state index is -4.30. The molecule has 0 radical (unpaired) electrons. The molecule has 1 saturated heterocycles. The van der Waals surface area contributed by atoms with E-state index in [0.29, 0.717) is 12.1 Å². The summed E-state index contributed by atoms with van der Waals surface area (Å²) in [6, 6.07) is 5.72. The summed E-state index contributed by atoms with van der Waals surface area (Å²) in [5.74, 6) is 0.388. The van der Waals surface area contributed by atoms with Crippen molar-refractivity contribution in [1.82, 2.24) is 10.2 Å². The molecule has 0 bridgehead atoms. The van der Waals surface area contributed by atoms with Crippen LogP contribution in [0.15, 0.2) is 24.3 Å². The number of nitrogens with one attached hydrogen (secondary N) is 1. The maximum atomic E-state index is 12.7. The van der Waals surface area contributed by atoms with Gasteiger partial charge in [0.25, 0.3) is 0 Å². The van der Waals surface area contributed by atoms with Crippen molar-refractivity contribution in [3.63, 3.8) is 0 Å². The quantitative estimate of drug-likeness (QED) is 0.921. The molecule has 1 heterocycles. The fraction of sp³-hybridized carbons (Fsp3) is 0.588. The van der Waals surface area contributed by atoms with Crippen LogP contribution in [-0.2, 0) is 17.5 Å². The first-order valence-electron chi connectivity index (χ1n) is 8.11. The zero-order valence-electron chi connectivity index (χ0n) is 12.9. The highest BCUT2D eigenvalue weighted by molar-refractivity contribution is 5.81. The summed E-state index contributed by atoms with van der Waals surface area (Å²) in [7, 11) is 0. The van der Waals surface area contributed by atoms with E-state index in [-0.39, 0.29) is 17.9 Å². The van der Waals surface area contributed by atoms with Crippen LogP contribution in [0.1, 0.15) is 36.8 Å². The number of carbonyl (C=O) groups is 1. The lowest BCUT2D eigenvalue weighted by Gasteiger charge is -2.32. The van der Waals surface area contributed by atoms with Crippen molar-refractivity contribution in [1.29, 1.82) is 0 Å². The summed E-state index contributed by atoms with van der Waals surface area (Å²) >= 11 is 0. The number of rotatable bonds is 4. The molecule has 1 amide bonds. The van der Waals surface area contributed by atoms with Gasteiger partial charge < -0.3 is 5.32 Å². The Labute approximate surface area is 133 Å². The molecule has 0 spiro atoms. The number of alkyl halides is 3. The molecule has 23 heavy (non-hydrogen) atoms. The van der Waals surface area contributed by atoms with Crippen molar-refractivity contribution in [2.45, 2.75) is 44.4 Å². The van der Waals surface area contributed by atoms with Crippen LogP contribution in [0.2, 0.25) is 0 Å². The highest BCUT2D eigenvalue weighted by Crippen LogP contribution is 2.30. The Morgan fingerprint density at radius 2 is 1.87 bits per heavy atom. The monoisotopic (exact) mass is 326 g/mol. The molecular formula is C17H21F3N2O. The van der Waals surface area contributed by atoms with Gasteiger partial charge in [-0.3, -0.25) is 9.69 Å². The second-order valence-electron chi connectivity index (χ2n) is 6.53. The average Bonchev–Trinajstić information content (AvgIpc) is 3.33. The van der Waals surface area contributed by atoms with Crippen LogP contribution in [0.4, 0.5) is 13.2 Å². The normalized spacial score (nSPS) is 20.5. The molecule has 126 valence electrons. The van der Waals surface area contributed by atoms with Crippen LogP contribution < -0.4 is 5.32 Å². The third-order valence-corrected chi connectivity index (χ3v) is 4.54. The molecule has 1 aromatic carbocycles. The topological polar surface area (TPSA) is 32.3 Å². The van der Waals surface area contributed by atoms with E-state index >= 15 is 0 Å². The highest BCUT2D eigenvalue weighted by Gasteiger charge is 2.32. The smallest absolute Gasteiger partial charge is 0.353 e. The van der Waals surface area contributed by atoms with Crippen LogP contribution in [0.5, 0.6) is 0 Å². The molecule has 0 atom stereocenters. The van der Waals surface area contributed by atoms with Gasteiger partial charge in [0, 0.05) is 31.6 Å². The fourth-order valence-electron chi connectivity index (χ4n) is 3.00. The van der Waals surface area contributed by atoms with Gasteiger partial charge in [-0.2, -0.15) is 13.2 Å². The molecule has 1 N–H and O–H groups in total. The summed E-state index contributed by atoms with van der Waals surface area (Å²) in [4.78, 5) is 13.9. The van der Waals surface area contributed by atoms with E-state index in [4.69, 9.17) is 0 Å². The van der Waals surface area contributed by atoms with Gasteiger partial charge >= 0.3 is 6.18 Å². The van der Waals surface area contributed by atoms with Gasteiger partial charge in [0.1, 0.15) is 0 Å². The largest absolute Gasteiger partial charge is 0.416 e. The molecule has 3 rings (SSSR count).